The summed E-state index contributed by atoms with van der Waals surface area (Å²) in [5, 5.41) is 6.87. The van der Waals surface area contributed by atoms with Crippen LogP contribution in [0.3, 0.4) is 0 Å². The van der Waals surface area contributed by atoms with E-state index in [2.05, 4.69) is 11.4 Å². The molecule has 0 spiro atoms. The van der Waals surface area contributed by atoms with Crippen LogP contribution in [0, 0.1) is 5.82 Å². The van der Waals surface area contributed by atoms with Gasteiger partial charge in [0.25, 0.3) is 5.91 Å². The number of rotatable bonds is 5. The molecular formula is C22H16FNO2S. The molecule has 4 rings (SSSR count). The van der Waals surface area contributed by atoms with Crippen molar-refractivity contribution in [2.75, 3.05) is 5.32 Å². The molecule has 0 radical (unpaired) electrons. The summed E-state index contributed by atoms with van der Waals surface area (Å²) in [7, 11) is 0. The molecule has 3 aromatic carbocycles. The molecule has 0 aliphatic rings. The lowest BCUT2D eigenvalue weighted by Gasteiger charge is -2.06. The second-order valence-corrected chi connectivity index (χ2v) is 6.99. The molecular weight excluding hydrogens is 361 g/mol. The van der Waals surface area contributed by atoms with Crippen LogP contribution in [0.4, 0.5) is 10.1 Å². The maximum absolute atomic E-state index is 13.2. The van der Waals surface area contributed by atoms with Gasteiger partial charge < -0.3 is 10.1 Å². The summed E-state index contributed by atoms with van der Waals surface area (Å²) >= 11 is 1.33. The Balaban J connectivity index is 1.40. The van der Waals surface area contributed by atoms with Crippen molar-refractivity contribution in [1.29, 1.82) is 0 Å². The number of halogens is 1. The predicted octanol–water partition coefficient (Wildman–Crippen LogP) is 5.87. The molecule has 4 aromatic rings. The van der Waals surface area contributed by atoms with Crippen LogP contribution in [-0.2, 0) is 6.61 Å². The van der Waals surface area contributed by atoms with Gasteiger partial charge in [-0.1, -0.05) is 36.4 Å². The van der Waals surface area contributed by atoms with Crippen LogP contribution in [0.25, 0.3) is 10.8 Å². The Morgan fingerprint density at radius 1 is 0.963 bits per heavy atom. The Hall–Kier alpha value is -3.18. The Kier molecular flexibility index (Phi) is 4.85. The lowest BCUT2D eigenvalue weighted by atomic mass is 10.1. The summed E-state index contributed by atoms with van der Waals surface area (Å²) < 4.78 is 19.1. The predicted molar refractivity (Wildman–Crippen MR) is 107 cm³/mol. The maximum atomic E-state index is 13.2. The molecule has 0 saturated heterocycles. The van der Waals surface area contributed by atoms with Gasteiger partial charge in [-0.25, -0.2) is 4.39 Å². The van der Waals surface area contributed by atoms with Crippen LogP contribution in [0.2, 0.25) is 0 Å². The highest BCUT2D eigenvalue weighted by molar-refractivity contribution is 7.12. The fourth-order valence-corrected chi connectivity index (χ4v) is 3.55. The normalized spacial score (nSPS) is 10.7. The summed E-state index contributed by atoms with van der Waals surface area (Å²) in [6.07, 6.45) is 0. The van der Waals surface area contributed by atoms with Crippen molar-refractivity contribution >= 4 is 33.7 Å². The number of nitrogens with one attached hydrogen (secondary N) is 1. The Morgan fingerprint density at radius 2 is 1.81 bits per heavy atom. The number of ether oxygens (including phenoxy) is 1. The monoisotopic (exact) mass is 377 g/mol. The summed E-state index contributed by atoms with van der Waals surface area (Å²) in [6.45, 7) is 0.377. The van der Waals surface area contributed by atoms with Crippen molar-refractivity contribution in [3.05, 3.63) is 94.4 Å². The Morgan fingerprint density at radius 3 is 2.67 bits per heavy atom. The van der Waals surface area contributed by atoms with Crippen molar-refractivity contribution < 1.29 is 13.9 Å². The molecule has 1 aromatic heterocycles. The molecule has 0 bridgehead atoms. The van der Waals surface area contributed by atoms with E-state index in [4.69, 9.17) is 4.74 Å². The average Bonchev–Trinajstić information content (AvgIpc) is 3.15. The van der Waals surface area contributed by atoms with Crippen LogP contribution < -0.4 is 10.1 Å². The van der Waals surface area contributed by atoms with Crippen LogP contribution in [0.15, 0.2) is 78.2 Å². The molecule has 0 fully saturated rings. The van der Waals surface area contributed by atoms with Gasteiger partial charge in [-0.05, 0) is 52.6 Å². The fraction of sp³-hybridized carbons (Fsp3) is 0.0455. The van der Waals surface area contributed by atoms with E-state index in [1.165, 1.54) is 23.5 Å². The van der Waals surface area contributed by atoms with Gasteiger partial charge in [0.2, 0.25) is 0 Å². The van der Waals surface area contributed by atoms with E-state index in [1.807, 2.05) is 41.8 Å². The summed E-state index contributed by atoms with van der Waals surface area (Å²) in [5.41, 5.74) is 1.35. The summed E-state index contributed by atoms with van der Waals surface area (Å²) in [5.74, 6) is 0.136. The van der Waals surface area contributed by atoms with E-state index in [-0.39, 0.29) is 11.7 Å². The minimum atomic E-state index is -0.386. The van der Waals surface area contributed by atoms with Gasteiger partial charge in [0, 0.05) is 11.3 Å². The number of carbonyl (C=O) groups is 1. The second-order valence-electron chi connectivity index (χ2n) is 6.08. The number of hydrogen-bond acceptors (Lipinski definition) is 3. The number of carbonyl (C=O) groups excluding carboxylic acids is 1. The van der Waals surface area contributed by atoms with Crippen molar-refractivity contribution in [3.8, 4) is 5.75 Å². The van der Waals surface area contributed by atoms with Crippen LogP contribution in [0.5, 0.6) is 5.75 Å². The molecule has 1 amide bonds. The molecule has 0 unspecified atom stereocenters. The summed E-state index contributed by atoms with van der Waals surface area (Å²) in [6, 6.07) is 21.7. The molecule has 134 valence electrons. The smallest absolute Gasteiger partial charge is 0.265 e. The van der Waals surface area contributed by atoms with Gasteiger partial charge in [0.05, 0.1) is 4.88 Å². The quantitative estimate of drug-likeness (QED) is 0.472. The molecule has 0 aliphatic carbocycles. The maximum Gasteiger partial charge on any atom is 0.265 e. The molecule has 1 heterocycles. The minimum absolute atomic E-state index is 0.262. The Bertz CT molecular complexity index is 1110. The SMILES string of the molecule is O=C(Nc1cccc(F)c1)c1cc(COc2ccc3ccccc3c2)cs1. The van der Waals surface area contributed by atoms with Gasteiger partial charge in [-0.3, -0.25) is 4.79 Å². The van der Waals surface area contributed by atoms with Crippen molar-refractivity contribution in [1.82, 2.24) is 0 Å². The number of hydrogen-bond donors (Lipinski definition) is 1. The number of amides is 1. The van der Waals surface area contributed by atoms with Gasteiger partial charge in [0.15, 0.2) is 0 Å². The number of fused-ring (bicyclic) bond motifs is 1. The third-order valence-corrected chi connectivity index (χ3v) is 5.06. The molecule has 0 aliphatic heterocycles. The molecule has 0 atom stereocenters. The standard InChI is InChI=1S/C22H16FNO2S/c23-18-6-3-7-19(12-18)24-22(25)21-10-15(14-27-21)13-26-20-9-8-16-4-1-2-5-17(16)11-20/h1-12,14H,13H2,(H,24,25). The first-order valence-electron chi connectivity index (χ1n) is 8.43. The highest BCUT2D eigenvalue weighted by atomic mass is 32.1. The highest BCUT2D eigenvalue weighted by Crippen LogP contribution is 2.23. The largest absolute Gasteiger partial charge is 0.489 e. The fourth-order valence-electron chi connectivity index (χ4n) is 2.75. The van der Waals surface area contributed by atoms with Gasteiger partial charge in [-0.15, -0.1) is 11.3 Å². The van der Waals surface area contributed by atoms with E-state index < -0.39 is 0 Å². The van der Waals surface area contributed by atoms with Crippen molar-refractivity contribution in [2.45, 2.75) is 6.61 Å². The first-order chi connectivity index (χ1) is 13.2. The second kappa shape index (κ2) is 7.60. The summed E-state index contributed by atoms with van der Waals surface area (Å²) in [4.78, 5) is 12.8. The van der Waals surface area contributed by atoms with E-state index in [1.54, 1.807) is 18.2 Å². The number of anilines is 1. The minimum Gasteiger partial charge on any atom is -0.489 e. The van der Waals surface area contributed by atoms with Crippen LogP contribution in [-0.4, -0.2) is 5.91 Å². The number of benzene rings is 3. The average molecular weight is 377 g/mol. The highest BCUT2D eigenvalue weighted by Gasteiger charge is 2.10. The molecule has 3 nitrogen and oxygen atoms in total. The van der Waals surface area contributed by atoms with Gasteiger partial charge in [-0.2, -0.15) is 0 Å². The number of thiophene rings is 1. The molecule has 5 heteroatoms. The zero-order valence-electron chi connectivity index (χ0n) is 14.3. The lowest BCUT2D eigenvalue weighted by Crippen LogP contribution is -2.10. The Labute approximate surface area is 160 Å². The van der Waals surface area contributed by atoms with Crippen molar-refractivity contribution in [3.63, 3.8) is 0 Å². The van der Waals surface area contributed by atoms with Gasteiger partial charge >= 0.3 is 0 Å². The molecule has 27 heavy (non-hydrogen) atoms. The topological polar surface area (TPSA) is 38.3 Å². The third kappa shape index (κ3) is 4.15. The molecule has 1 N–H and O–H groups in total. The van der Waals surface area contributed by atoms with Crippen molar-refractivity contribution in [2.24, 2.45) is 0 Å². The lowest BCUT2D eigenvalue weighted by molar-refractivity contribution is 0.103. The van der Waals surface area contributed by atoms with E-state index in [9.17, 15) is 9.18 Å². The van der Waals surface area contributed by atoms with Crippen LogP contribution >= 0.6 is 11.3 Å². The molecule has 0 saturated carbocycles. The zero-order valence-corrected chi connectivity index (χ0v) is 15.1. The van der Waals surface area contributed by atoms with Crippen LogP contribution in [0.1, 0.15) is 15.2 Å². The van der Waals surface area contributed by atoms with E-state index in [0.29, 0.717) is 17.2 Å². The first kappa shape index (κ1) is 17.2. The third-order valence-electron chi connectivity index (χ3n) is 4.09. The van der Waals surface area contributed by atoms with Gasteiger partial charge in [0.1, 0.15) is 18.2 Å². The van der Waals surface area contributed by atoms with E-state index in [0.717, 1.165) is 22.1 Å². The van der Waals surface area contributed by atoms with E-state index >= 15 is 0 Å². The first-order valence-corrected chi connectivity index (χ1v) is 9.31. The zero-order chi connectivity index (χ0) is 18.6.